The van der Waals surface area contributed by atoms with Crippen LogP contribution in [0.25, 0.3) is 0 Å². The second kappa shape index (κ2) is 45.0. The average molecular weight is 776 g/mol. The Morgan fingerprint density at radius 3 is 1.31 bits per heavy atom. The summed E-state index contributed by atoms with van der Waals surface area (Å²) in [6.45, 7) is 4.88. The molecule has 6 heteroatoms. The van der Waals surface area contributed by atoms with E-state index in [1.165, 1.54) is 148 Å². The molecule has 0 saturated carbocycles. The van der Waals surface area contributed by atoms with E-state index in [0.717, 1.165) is 70.6 Å². The highest BCUT2D eigenvalue weighted by Crippen LogP contribution is 2.15. The molecule has 0 aromatic heterocycles. The van der Waals surface area contributed by atoms with Crippen LogP contribution in [0.15, 0.2) is 24.3 Å². The lowest BCUT2D eigenvalue weighted by atomic mass is 10.0. The Hall–Kier alpha value is -1.66. The third-order valence-corrected chi connectivity index (χ3v) is 11.0. The van der Waals surface area contributed by atoms with Crippen LogP contribution in [0.5, 0.6) is 0 Å². The summed E-state index contributed by atoms with van der Waals surface area (Å²) in [5.41, 5.74) is 0. The molecule has 0 heterocycles. The standard InChI is InChI=1S/C49H93NO5/c1-3-5-7-9-11-13-15-16-19-23-27-31-35-39-43-49(54)55-44-40-36-32-28-24-20-17-18-22-26-30-34-38-42-48(53)50-46(45-51)47(52)41-37-33-29-25-21-14-12-10-8-6-4-2/h15-16,18,22,46-47,51-52H,3-14,17,19-21,23-45H2,1-2H3,(H,50,53)/b16-15-,22-18-. The fraction of sp³-hybridized carbons (Fsp3) is 0.878. The van der Waals surface area contributed by atoms with Gasteiger partial charge in [0.05, 0.1) is 25.4 Å². The minimum atomic E-state index is -0.679. The van der Waals surface area contributed by atoms with Gasteiger partial charge < -0.3 is 20.3 Å². The van der Waals surface area contributed by atoms with Crippen molar-refractivity contribution in [2.75, 3.05) is 13.2 Å². The lowest BCUT2D eigenvalue weighted by molar-refractivity contribution is -0.143. The predicted octanol–water partition coefficient (Wildman–Crippen LogP) is 14.0. The van der Waals surface area contributed by atoms with E-state index < -0.39 is 12.1 Å². The van der Waals surface area contributed by atoms with E-state index in [1.807, 2.05) is 0 Å². The summed E-state index contributed by atoms with van der Waals surface area (Å²) in [6, 6.07) is -0.560. The molecule has 0 aromatic rings. The molecule has 3 N–H and O–H groups in total. The van der Waals surface area contributed by atoms with Crippen LogP contribution in [0.3, 0.4) is 0 Å². The highest BCUT2D eigenvalue weighted by Gasteiger charge is 2.20. The summed E-state index contributed by atoms with van der Waals surface area (Å²) >= 11 is 0. The van der Waals surface area contributed by atoms with E-state index in [-0.39, 0.29) is 18.5 Å². The second-order valence-corrected chi connectivity index (χ2v) is 16.4. The van der Waals surface area contributed by atoms with Crippen molar-refractivity contribution >= 4 is 11.9 Å². The zero-order valence-corrected chi connectivity index (χ0v) is 36.7. The number of hydrogen-bond acceptors (Lipinski definition) is 5. The van der Waals surface area contributed by atoms with E-state index in [1.54, 1.807) is 0 Å². The molecule has 1 amide bonds. The third kappa shape index (κ3) is 41.8. The van der Waals surface area contributed by atoms with Crippen molar-refractivity contribution in [2.45, 2.75) is 264 Å². The molecule has 55 heavy (non-hydrogen) atoms. The molecule has 2 unspecified atom stereocenters. The maximum Gasteiger partial charge on any atom is 0.305 e. The van der Waals surface area contributed by atoms with Gasteiger partial charge in [0.2, 0.25) is 5.91 Å². The van der Waals surface area contributed by atoms with Crippen LogP contribution in [0.2, 0.25) is 0 Å². The summed E-state index contributed by atoms with van der Waals surface area (Å²) in [7, 11) is 0. The molecule has 0 aliphatic carbocycles. The minimum absolute atomic E-state index is 0.0218. The van der Waals surface area contributed by atoms with Gasteiger partial charge in [-0.3, -0.25) is 9.59 Å². The zero-order valence-electron chi connectivity index (χ0n) is 36.7. The van der Waals surface area contributed by atoms with E-state index in [9.17, 15) is 19.8 Å². The number of amides is 1. The largest absolute Gasteiger partial charge is 0.466 e. The Bertz CT molecular complexity index is 858. The first-order valence-electron chi connectivity index (χ1n) is 24.1. The molecule has 0 spiro atoms. The summed E-state index contributed by atoms with van der Waals surface area (Å²) in [5, 5.41) is 23.1. The van der Waals surface area contributed by atoms with Crippen LogP contribution in [0.4, 0.5) is 0 Å². The van der Waals surface area contributed by atoms with Gasteiger partial charge in [0, 0.05) is 12.8 Å². The fourth-order valence-corrected chi connectivity index (χ4v) is 7.21. The van der Waals surface area contributed by atoms with Gasteiger partial charge in [0.25, 0.3) is 0 Å². The summed E-state index contributed by atoms with van der Waals surface area (Å²) in [6.07, 6.45) is 51.4. The summed E-state index contributed by atoms with van der Waals surface area (Å²) in [4.78, 5) is 24.4. The van der Waals surface area contributed by atoms with Crippen molar-refractivity contribution in [3.05, 3.63) is 24.3 Å². The maximum atomic E-state index is 12.4. The monoisotopic (exact) mass is 776 g/mol. The van der Waals surface area contributed by atoms with Gasteiger partial charge in [-0.1, -0.05) is 186 Å². The highest BCUT2D eigenvalue weighted by atomic mass is 16.5. The zero-order chi connectivity index (χ0) is 40.1. The van der Waals surface area contributed by atoms with Crippen LogP contribution in [-0.4, -0.2) is 47.4 Å². The molecule has 0 aliphatic rings. The summed E-state index contributed by atoms with van der Waals surface area (Å²) in [5.74, 6) is -0.0889. The number of aliphatic hydroxyl groups is 2. The molecule has 2 atom stereocenters. The van der Waals surface area contributed by atoms with Crippen LogP contribution in [-0.2, 0) is 14.3 Å². The fourth-order valence-electron chi connectivity index (χ4n) is 7.21. The molecule has 0 aliphatic heterocycles. The smallest absolute Gasteiger partial charge is 0.305 e. The van der Waals surface area contributed by atoms with Crippen molar-refractivity contribution in [1.29, 1.82) is 0 Å². The Labute approximate surface area is 341 Å². The molecule has 0 radical (unpaired) electrons. The first-order valence-corrected chi connectivity index (χ1v) is 24.1. The molecular formula is C49H93NO5. The molecule has 324 valence electrons. The number of esters is 1. The number of hydrogen-bond donors (Lipinski definition) is 3. The van der Waals surface area contributed by atoms with E-state index >= 15 is 0 Å². The van der Waals surface area contributed by atoms with E-state index in [0.29, 0.717) is 25.9 Å². The van der Waals surface area contributed by atoms with Gasteiger partial charge >= 0.3 is 5.97 Å². The molecule has 0 fully saturated rings. The van der Waals surface area contributed by atoms with Gasteiger partial charge in [-0.05, 0) is 77.0 Å². The number of ether oxygens (including phenoxy) is 1. The topological polar surface area (TPSA) is 95.9 Å². The normalized spacial score (nSPS) is 12.9. The SMILES string of the molecule is CCCCCCC/C=C\CCCCCCCC(=O)OCCCCCCCC/C=C\CCCCCC(=O)NC(CO)C(O)CCCCCCCCCCCCC. The Morgan fingerprint density at radius 2 is 0.855 bits per heavy atom. The van der Waals surface area contributed by atoms with Gasteiger partial charge in [-0.25, -0.2) is 0 Å². The van der Waals surface area contributed by atoms with E-state index in [2.05, 4.69) is 43.5 Å². The van der Waals surface area contributed by atoms with Crippen molar-refractivity contribution < 1.29 is 24.5 Å². The number of aliphatic hydroxyl groups excluding tert-OH is 2. The highest BCUT2D eigenvalue weighted by molar-refractivity contribution is 5.76. The van der Waals surface area contributed by atoms with Gasteiger partial charge in [-0.2, -0.15) is 0 Å². The molecule has 0 rings (SSSR count). The Morgan fingerprint density at radius 1 is 0.491 bits per heavy atom. The van der Waals surface area contributed by atoms with Crippen LogP contribution >= 0.6 is 0 Å². The van der Waals surface area contributed by atoms with Crippen molar-refractivity contribution in [3.63, 3.8) is 0 Å². The number of rotatable bonds is 44. The second-order valence-electron chi connectivity index (χ2n) is 16.4. The number of carbonyl (C=O) groups is 2. The Balaban J connectivity index is 3.50. The molecule has 0 bridgehead atoms. The average Bonchev–Trinajstić information content (AvgIpc) is 3.18. The lowest BCUT2D eigenvalue weighted by Gasteiger charge is -2.22. The molecule has 0 aromatic carbocycles. The predicted molar refractivity (Wildman–Crippen MR) is 236 cm³/mol. The van der Waals surface area contributed by atoms with Gasteiger partial charge in [0.15, 0.2) is 0 Å². The van der Waals surface area contributed by atoms with E-state index in [4.69, 9.17) is 4.74 Å². The first kappa shape index (κ1) is 53.3. The van der Waals surface area contributed by atoms with Crippen LogP contribution in [0, 0.1) is 0 Å². The molecular weight excluding hydrogens is 683 g/mol. The molecule has 6 nitrogen and oxygen atoms in total. The summed E-state index contributed by atoms with van der Waals surface area (Å²) < 4.78 is 5.44. The van der Waals surface area contributed by atoms with Crippen molar-refractivity contribution in [2.24, 2.45) is 0 Å². The first-order chi connectivity index (χ1) is 27.0. The number of carbonyl (C=O) groups excluding carboxylic acids is 2. The number of nitrogens with one attached hydrogen (secondary N) is 1. The van der Waals surface area contributed by atoms with Crippen molar-refractivity contribution in [1.82, 2.24) is 5.32 Å². The van der Waals surface area contributed by atoms with Crippen molar-refractivity contribution in [3.8, 4) is 0 Å². The quantitative estimate of drug-likeness (QED) is 0.0325. The van der Waals surface area contributed by atoms with Crippen LogP contribution in [0.1, 0.15) is 251 Å². The lowest BCUT2D eigenvalue weighted by Crippen LogP contribution is -2.45. The van der Waals surface area contributed by atoms with Gasteiger partial charge in [-0.15, -0.1) is 0 Å². The number of allylic oxidation sites excluding steroid dienone is 4. The van der Waals surface area contributed by atoms with Crippen LogP contribution < -0.4 is 5.32 Å². The third-order valence-electron chi connectivity index (χ3n) is 11.0. The Kier molecular flexibility index (Phi) is 43.7. The minimum Gasteiger partial charge on any atom is -0.466 e. The maximum absolute atomic E-state index is 12.4. The molecule has 0 saturated heterocycles. The van der Waals surface area contributed by atoms with Gasteiger partial charge in [0.1, 0.15) is 0 Å². The number of unbranched alkanes of at least 4 members (excludes halogenated alkanes) is 29.